The van der Waals surface area contributed by atoms with Crippen LogP contribution in [0.5, 0.6) is 11.5 Å². The third-order valence-electron chi connectivity index (χ3n) is 3.01. The van der Waals surface area contributed by atoms with Crippen LogP contribution in [0.4, 0.5) is 0 Å². The first-order valence-corrected chi connectivity index (χ1v) is 6.96. The van der Waals surface area contributed by atoms with Gasteiger partial charge in [-0.3, -0.25) is 4.79 Å². The van der Waals surface area contributed by atoms with Crippen LogP contribution < -0.4 is 4.74 Å². The Bertz CT molecular complexity index is 837. The molecule has 0 aliphatic rings. The Morgan fingerprint density at radius 1 is 1.19 bits per heavy atom. The number of carbonyl (C=O) groups excluding carboxylic acids is 1. The summed E-state index contributed by atoms with van der Waals surface area (Å²) in [6.07, 6.45) is 0. The first kappa shape index (κ1) is 14.0. The van der Waals surface area contributed by atoms with Crippen LogP contribution in [-0.2, 0) is 0 Å². The minimum absolute atomic E-state index is 0.246. The highest BCUT2D eigenvalue weighted by atomic mass is 35.5. The Morgan fingerprint density at radius 3 is 2.71 bits per heavy atom. The molecule has 0 aliphatic heterocycles. The lowest BCUT2D eigenvalue weighted by Crippen LogP contribution is -1.91. The zero-order valence-electron chi connectivity index (χ0n) is 11.0. The second-order valence-electron chi connectivity index (χ2n) is 4.55. The molecule has 0 spiro atoms. The molecule has 3 rings (SSSR count). The molecule has 5 heteroatoms. The van der Waals surface area contributed by atoms with Gasteiger partial charge in [0.2, 0.25) is 0 Å². The van der Waals surface area contributed by atoms with Crippen LogP contribution in [0.2, 0.25) is 5.02 Å². The minimum Gasteiger partial charge on any atom is -0.457 e. The number of carbonyl (C=O) groups is 1. The Hall–Kier alpha value is -1.97. The average molecular weight is 321 g/mol. The number of hydrogen-bond acceptors (Lipinski definition) is 3. The highest BCUT2D eigenvalue weighted by Gasteiger charge is 2.11. The van der Waals surface area contributed by atoms with Gasteiger partial charge in [0.25, 0.3) is 5.24 Å². The van der Waals surface area contributed by atoms with E-state index in [9.17, 15) is 4.79 Å². The molecular weight excluding hydrogens is 311 g/mol. The third kappa shape index (κ3) is 2.75. The van der Waals surface area contributed by atoms with Crippen LogP contribution >= 0.6 is 23.2 Å². The molecule has 0 saturated carbocycles. The molecule has 3 aromatic rings. The standard InChI is InChI=1S/C16H10Cl2O3/c1-9-7-10-3-2-4-14(15(10)20-9)21-11-5-6-12(16(18)19)13(17)8-11/h2-8H,1H3. The molecule has 0 radical (unpaired) electrons. The molecule has 2 aromatic carbocycles. The molecule has 0 atom stereocenters. The molecule has 0 bridgehead atoms. The zero-order valence-corrected chi connectivity index (χ0v) is 12.5. The van der Waals surface area contributed by atoms with E-state index >= 15 is 0 Å². The van der Waals surface area contributed by atoms with Crippen LogP contribution in [-0.4, -0.2) is 5.24 Å². The fourth-order valence-electron chi connectivity index (χ4n) is 2.09. The van der Waals surface area contributed by atoms with E-state index in [0.717, 1.165) is 11.1 Å². The lowest BCUT2D eigenvalue weighted by molar-refractivity contribution is 0.108. The number of halogens is 2. The molecule has 0 N–H and O–H groups in total. The maximum atomic E-state index is 11.1. The van der Waals surface area contributed by atoms with E-state index < -0.39 is 5.24 Å². The van der Waals surface area contributed by atoms with Gasteiger partial charge in [0.15, 0.2) is 11.3 Å². The SMILES string of the molecule is Cc1cc2cccc(Oc3ccc(C(=O)Cl)c(Cl)c3)c2o1. The average Bonchev–Trinajstić information content (AvgIpc) is 2.80. The molecule has 0 unspecified atom stereocenters. The number of benzene rings is 2. The van der Waals surface area contributed by atoms with Crippen molar-refractivity contribution >= 4 is 39.4 Å². The molecule has 0 saturated heterocycles. The fraction of sp³-hybridized carbons (Fsp3) is 0.0625. The van der Waals surface area contributed by atoms with Gasteiger partial charge in [-0.15, -0.1) is 0 Å². The molecule has 0 aliphatic carbocycles. The summed E-state index contributed by atoms with van der Waals surface area (Å²) in [5.41, 5.74) is 0.918. The summed E-state index contributed by atoms with van der Waals surface area (Å²) in [6.45, 7) is 1.88. The van der Waals surface area contributed by atoms with Crippen molar-refractivity contribution in [1.82, 2.24) is 0 Å². The molecule has 3 nitrogen and oxygen atoms in total. The van der Waals surface area contributed by atoms with Crippen molar-refractivity contribution in [2.24, 2.45) is 0 Å². The molecule has 106 valence electrons. The maximum absolute atomic E-state index is 11.1. The van der Waals surface area contributed by atoms with Gasteiger partial charge in [0.1, 0.15) is 11.5 Å². The number of ether oxygens (including phenoxy) is 1. The van der Waals surface area contributed by atoms with Gasteiger partial charge >= 0.3 is 0 Å². The molecule has 1 aromatic heterocycles. The number of aryl methyl sites for hydroxylation is 1. The van der Waals surface area contributed by atoms with Crippen molar-refractivity contribution < 1.29 is 13.9 Å². The van der Waals surface area contributed by atoms with Gasteiger partial charge in [-0.1, -0.05) is 23.7 Å². The van der Waals surface area contributed by atoms with E-state index in [4.69, 9.17) is 32.4 Å². The van der Waals surface area contributed by atoms with E-state index in [-0.39, 0.29) is 10.6 Å². The number of para-hydroxylation sites is 1. The quantitative estimate of drug-likeness (QED) is 0.592. The summed E-state index contributed by atoms with van der Waals surface area (Å²) >= 11 is 11.4. The predicted molar refractivity (Wildman–Crippen MR) is 82.7 cm³/mol. The van der Waals surface area contributed by atoms with Crippen LogP contribution in [0.15, 0.2) is 46.9 Å². The van der Waals surface area contributed by atoms with Crippen LogP contribution in [0.3, 0.4) is 0 Å². The summed E-state index contributed by atoms with van der Waals surface area (Å²) in [6, 6.07) is 12.3. The minimum atomic E-state index is -0.602. The zero-order chi connectivity index (χ0) is 15.0. The van der Waals surface area contributed by atoms with Crippen molar-refractivity contribution in [3.8, 4) is 11.5 Å². The Balaban J connectivity index is 1.99. The predicted octanol–water partition coefficient (Wildman–Crippen LogP) is 5.57. The third-order valence-corrected chi connectivity index (χ3v) is 3.53. The highest BCUT2D eigenvalue weighted by Crippen LogP contribution is 2.33. The van der Waals surface area contributed by atoms with E-state index in [2.05, 4.69) is 0 Å². The summed E-state index contributed by atoms with van der Waals surface area (Å²) in [4.78, 5) is 11.1. The van der Waals surface area contributed by atoms with Gasteiger partial charge in [-0.25, -0.2) is 0 Å². The summed E-state index contributed by atoms with van der Waals surface area (Å²) < 4.78 is 11.4. The topological polar surface area (TPSA) is 39.4 Å². The Labute approximate surface area is 131 Å². The lowest BCUT2D eigenvalue weighted by Gasteiger charge is -2.07. The van der Waals surface area contributed by atoms with Crippen molar-refractivity contribution in [2.75, 3.05) is 0 Å². The lowest BCUT2D eigenvalue weighted by atomic mass is 10.2. The van der Waals surface area contributed by atoms with E-state index in [1.165, 1.54) is 6.07 Å². The first-order valence-electron chi connectivity index (χ1n) is 6.21. The first-order chi connectivity index (χ1) is 10.0. The van der Waals surface area contributed by atoms with Crippen molar-refractivity contribution in [1.29, 1.82) is 0 Å². The molecule has 0 amide bonds. The smallest absolute Gasteiger partial charge is 0.253 e. The summed E-state index contributed by atoms with van der Waals surface area (Å²) in [5.74, 6) is 1.90. The van der Waals surface area contributed by atoms with Crippen molar-refractivity contribution in [3.05, 3.63) is 58.8 Å². The monoisotopic (exact) mass is 320 g/mol. The van der Waals surface area contributed by atoms with Gasteiger partial charge in [-0.2, -0.15) is 0 Å². The second kappa shape index (κ2) is 5.43. The van der Waals surface area contributed by atoms with E-state index in [1.54, 1.807) is 18.2 Å². The van der Waals surface area contributed by atoms with Crippen molar-refractivity contribution in [3.63, 3.8) is 0 Å². The van der Waals surface area contributed by atoms with E-state index in [0.29, 0.717) is 17.1 Å². The van der Waals surface area contributed by atoms with Crippen LogP contribution in [0, 0.1) is 6.92 Å². The Morgan fingerprint density at radius 2 is 2.00 bits per heavy atom. The van der Waals surface area contributed by atoms with Crippen LogP contribution in [0.1, 0.15) is 16.1 Å². The maximum Gasteiger partial charge on any atom is 0.253 e. The van der Waals surface area contributed by atoms with Crippen LogP contribution in [0.25, 0.3) is 11.0 Å². The van der Waals surface area contributed by atoms with Crippen molar-refractivity contribution in [2.45, 2.75) is 6.92 Å². The normalized spacial score (nSPS) is 10.8. The molecular formula is C16H10Cl2O3. The summed E-state index contributed by atoms with van der Waals surface area (Å²) in [5, 5.41) is 0.606. The van der Waals surface area contributed by atoms with Gasteiger partial charge in [0.05, 0.1) is 10.6 Å². The number of rotatable bonds is 3. The molecule has 0 fully saturated rings. The highest BCUT2D eigenvalue weighted by molar-refractivity contribution is 6.68. The molecule has 1 heterocycles. The second-order valence-corrected chi connectivity index (χ2v) is 5.30. The number of hydrogen-bond donors (Lipinski definition) is 0. The number of furan rings is 1. The summed E-state index contributed by atoms with van der Waals surface area (Å²) in [7, 11) is 0. The number of fused-ring (bicyclic) bond motifs is 1. The Kier molecular flexibility index (Phi) is 3.62. The van der Waals surface area contributed by atoms with Gasteiger partial charge < -0.3 is 9.15 Å². The molecule has 21 heavy (non-hydrogen) atoms. The van der Waals surface area contributed by atoms with E-state index in [1.807, 2.05) is 25.1 Å². The van der Waals surface area contributed by atoms with Gasteiger partial charge in [0, 0.05) is 11.5 Å². The largest absolute Gasteiger partial charge is 0.457 e. The van der Waals surface area contributed by atoms with Gasteiger partial charge in [-0.05, 0) is 42.8 Å². The fourth-order valence-corrected chi connectivity index (χ4v) is 2.56.